The number of carbonyl (C=O) groups excluding carboxylic acids is 2. The first-order valence-corrected chi connectivity index (χ1v) is 15.1. The molecule has 0 amide bonds. The van der Waals surface area contributed by atoms with Crippen LogP contribution in [-0.2, 0) is 30.8 Å². The van der Waals surface area contributed by atoms with Crippen LogP contribution in [0.1, 0.15) is 48.3 Å². The number of methoxy groups -OCH3 is 1. The van der Waals surface area contributed by atoms with Crippen molar-refractivity contribution in [3.05, 3.63) is 112 Å². The Morgan fingerprint density at radius 2 is 1.76 bits per heavy atom. The number of phenols is 1. The van der Waals surface area contributed by atoms with Gasteiger partial charge in [0.2, 0.25) is 0 Å². The Bertz CT molecular complexity index is 1690. The number of dihydropyridines is 1. The molecule has 3 aromatic carbocycles. The van der Waals surface area contributed by atoms with Crippen molar-refractivity contribution in [3.8, 4) is 11.5 Å². The van der Waals surface area contributed by atoms with Crippen molar-refractivity contribution in [2.24, 2.45) is 0 Å². The first-order chi connectivity index (χ1) is 19.6. The molecule has 3 aromatic rings. The summed E-state index contributed by atoms with van der Waals surface area (Å²) in [5.41, 5.74) is 4.23. The number of benzene rings is 3. The van der Waals surface area contributed by atoms with Gasteiger partial charge in [0.25, 0.3) is 0 Å². The maximum absolute atomic E-state index is 13.8. The van der Waals surface area contributed by atoms with E-state index >= 15 is 0 Å². The molecular formula is C32H31NO7S. The molecule has 0 aromatic heterocycles. The molecule has 0 fully saturated rings. The fraction of sp³-hybridized carbons (Fsp3) is 0.250. The van der Waals surface area contributed by atoms with Gasteiger partial charge in [-0.25, -0.2) is 13.2 Å². The highest BCUT2D eigenvalue weighted by molar-refractivity contribution is 7.90. The van der Waals surface area contributed by atoms with Gasteiger partial charge in [-0.2, -0.15) is 0 Å². The zero-order valence-corrected chi connectivity index (χ0v) is 23.8. The number of aromatic hydroxyl groups is 1. The largest absolute Gasteiger partial charge is 0.508 e. The van der Waals surface area contributed by atoms with Crippen molar-refractivity contribution in [1.82, 2.24) is 5.32 Å². The number of phenolic OH excluding ortho intramolecular Hbond substituents is 1. The SMILES string of the molecule is COc1ccccc1C1CC(=O)C2=C(C1)NC(C)=C(C(=O)OCc1ccc(S(C)(=O)=O)cc1)C2c1cccc(O)c1. The Morgan fingerprint density at radius 3 is 2.44 bits per heavy atom. The first-order valence-electron chi connectivity index (χ1n) is 13.2. The van der Waals surface area contributed by atoms with E-state index in [4.69, 9.17) is 9.47 Å². The summed E-state index contributed by atoms with van der Waals surface area (Å²) in [5, 5.41) is 13.6. The first kappa shape index (κ1) is 28.2. The number of hydrogen-bond acceptors (Lipinski definition) is 8. The average Bonchev–Trinajstić information content (AvgIpc) is 2.94. The van der Waals surface area contributed by atoms with Crippen molar-refractivity contribution < 1.29 is 32.6 Å². The molecule has 5 rings (SSSR count). The van der Waals surface area contributed by atoms with Crippen LogP contribution in [0.3, 0.4) is 0 Å². The Labute approximate surface area is 239 Å². The number of Topliss-reactive ketones (excluding diaryl/α,β-unsaturated/α-hetero) is 1. The summed E-state index contributed by atoms with van der Waals surface area (Å²) in [6.07, 6.45) is 1.91. The molecular weight excluding hydrogens is 542 g/mol. The molecule has 1 aliphatic heterocycles. The normalized spacial score (nSPS) is 19.0. The lowest BCUT2D eigenvalue weighted by atomic mass is 9.71. The topological polar surface area (TPSA) is 119 Å². The molecule has 2 aliphatic rings. The fourth-order valence-corrected chi connectivity index (χ4v) is 6.26. The molecule has 0 radical (unpaired) electrons. The predicted molar refractivity (Wildman–Crippen MR) is 153 cm³/mol. The molecule has 41 heavy (non-hydrogen) atoms. The number of nitrogens with one attached hydrogen (secondary N) is 1. The monoisotopic (exact) mass is 573 g/mol. The van der Waals surface area contributed by atoms with E-state index in [0.29, 0.717) is 28.8 Å². The van der Waals surface area contributed by atoms with E-state index in [2.05, 4.69) is 5.32 Å². The van der Waals surface area contributed by atoms with Gasteiger partial charge in [-0.15, -0.1) is 0 Å². The Kier molecular flexibility index (Phi) is 7.73. The van der Waals surface area contributed by atoms with E-state index in [1.165, 1.54) is 18.2 Å². The molecule has 2 unspecified atom stereocenters. The predicted octanol–water partition coefficient (Wildman–Crippen LogP) is 4.91. The van der Waals surface area contributed by atoms with Crippen molar-refractivity contribution >= 4 is 21.6 Å². The van der Waals surface area contributed by atoms with Crippen LogP contribution in [0.15, 0.2) is 100 Å². The van der Waals surface area contributed by atoms with Gasteiger partial charge in [0.15, 0.2) is 15.6 Å². The van der Waals surface area contributed by atoms with Gasteiger partial charge in [-0.1, -0.05) is 42.5 Å². The minimum absolute atomic E-state index is 0.0228. The van der Waals surface area contributed by atoms with E-state index in [1.807, 2.05) is 24.3 Å². The molecule has 0 spiro atoms. The standard InChI is InChI=1S/C32H31NO7S/c1-19-29(32(36)40-18-20-11-13-24(14-12-20)41(3,37)38)30(21-7-6-8-23(34)15-21)31-26(33-19)16-22(17-27(31)35)25-9-4-5-10-28(25)39-2/h4-15,22,30,33-34H,16-18H2,1-3H3. The molecule has 1 aliphatic carbocycles. The average molecular weight is 574 g/mol. The third kappa shape index (κ3) is 5.76. The third-order valence-electron chi connectivity index (χ3n) is 7.55. The number of ether oxygens (including phenoxy) is 2. The molecule has 0 bridgehead atoms. The second-order valence-electron chi connectivity index (χ2n) is 10.3. The van der Waals surface area contributed by atoms with Crippen LogP contribution in [0.5, 0.6) is 11.5 Å². The molecule has 1 heterocycles. The second-order valence-corrected chi connectivity index (χ2v) is 12.4. The highest BCUT2D eigenvalue weighted by Crippen LogP contribution is 2.47. The van der Waals surface area contributed by atoms with Crippen LogP contribution in [0.2, 0.25) is 0 Å². The lowest BCUT2D eigenvalue weighted by Crippen LogP contribution is -2.36. The molecule has 2 N–H and O–H groups in total. The van der Waals surface area contributed by atoms with Gasteiger partial charge in [0.05, 0.1) is 17.6 Å². The minimum Gasteiger partial charge on any atom is -0.508 e. The van der Waals surface area contributed by atoms with Crippen LogP contribution in [-0.4, -0.2) is 38.6 Å². The Balaban J connectivity index is 1.48. The highest BCUT2D eigenvalue weighted by Gasteiger charge is 2.42. The molecule has 9 heteroatoms. The number of carbonyl (C=O) groups is 2. The summed E-state index contributed by atoms with van der Waals surface area (Å²) in [6.45, 7) is 1.69. The lowest BCUT2D eigenvalue weighted by Gasteiger charge is -2.37. The van der Waals surface area contributed by atoms with Gasteiger partial charge >= 0.3 is 5.97 Å². The third-order valence-corrected chi connectivity index (χ3v) is 8.68. The summed E-state index contributed by atoms with van der Waals surface area (Å²) in [6, 6.07) is 20.3. The number of ketones is 1. The van der Waals surface area contributed by atoms with E-state index in [9.17, 15) is 23.1 Å². The van der Waals surface area contributed by atoms with Crippen LogP contribution in [0.4, 0.5) is 0 Å². The zero-order valence-electron chi connectivity index (χ0n) is 23.0. The molecule has 0 saturated heterocycles. The smallest absolute Gasteiger partial charge is 0.337 e. The summed E-state index contributed by atoms with van der Waals surface area (Å²) in [5.74, 6) is -0.806. The second kappa shape index (κ2) is 11.2. The number of rotatable bonds is 7. The van der Waals surface area contributed by atoms with Crippen molar-refractivity contribution in [3.63, 3.8) is 0 Å². The van der Waals surface area contributed by atoms with Gasteiger partial charge in [-0.3, -0.25) is 4.79 Å². The molecule has 212 valence electrons. The zero-order chi connectivity index (χ0) is 29.3. The fourth-order valence-electron chi connectivity index (χ4n) is 5.63. The van der Waals surface area contributed by atoms with E-state index in [0.717, 1.165) is 23.3 Å². The van der Waals surface area contributed by atoms with Crippen molar-refractivity contribution in [1.29, 1.82) is 0 Å². The molecule has 2 atom stereocenters. The minimum atomic E-state index is -3.35. The summed E-state index contributed by atoms with van der Waals surface area (Å²) in [7, 11) is -1.74. The molecule has 0 saturated carbocycles. The van der Waals surface area contributed by atoms with E-state index in [1.54, 1.807) is 44.4 Å². The van der Waals surface area contributed by atoms with Crippen LogP contribution < -0.4 is 10.1 Å². The van der Waals surface area contributed by atoms with E-state index in [-0.39, 0.29) is 40.9 Å². The van der Waals surface area contributed by atoms with Crippen LogP contribution >= 0.6 is 0 Å². The summed E-state index contributed by atoms with van der Waals surface area (Å²) >= 11 is 0. The number of esters is 1. The number of hydrogen-bond donors (Lipinski definition) is 2. The number of para-hydroxylation sites is 1. The van der Waals surface area contributed by atoms with Crippen molar-refractivity contribution in [2.45, 2.75) is 43.1 Å². The van der Waals surface area contributed by atoms with Crippen molar-refractivity contribution in [2.75, 3.05) is 13.4 Å². The maximum Gasteiger partial charge on any atom is 0.337 e. The van der Waals surface area contributed by atoms with Gasteiger partial charge in [0, 0.05) is 41.5 Å². The molecule has 8 nitrogen and oxygen atoms in total. The number of allylic oxidation sites excluding steroid dienone is 3. The highest BCUT2D eigenvalue weighted by atomic mass is 32.2. The van der Waals surface area contributed by atoms with Gasteiger partial charge in [-0.05, 0) is 60.4 Å². The summed E-state index contributed by atoms with van der Waals surface area (Å²) in [4.78, 5) is 27.6. The quantitative estimate of drug-likeness (QED) is 0.383. The lowest BCUT2D eigenvalue weighted by molar-refractivity contribution is -0.140. The number of sulfone groups is 1. The summed E-state index contributed by atoms with van der Waals surface area (Å²) < 4.78 is 34.8. The van der Waals surface area contributed by atoms with Gasteiger partial charge in [0.1, 0.15) is 18.1 Å². The maximum atomic E-state index is 13.8. The van der Waals surface area contributed by atoms with Crippen LogP contribution in [0, 0.1) is 0 Å². The van der Waals surface area contributed by atoms with Crippen LogP contribution in [0.25, 0.3) is 0 Å². The van der Waals surface area contributed by atoms with E-state index < -0.39 is 21.7 Å². The van der Waals surface area contributed by atoms with Gasteiger partial charge < -0.3 is 19.9 Å². The Hall–Kier alpha value is -4.37. The Morgan fingerprint density at radius 1 is 1.02 bits per heavy atom.